The highest BCUT2D eigenvalue weighted by Gasteiger charge is 2.33. The number of carboxylic acid groups (broad SMARTS) is 1. The lowest BCUT2D eigenvalue weighted by atomic mass is 10.2. The van der Waals surface area contributed by atoms with E-state index in [2.05, 4.69) is 6.58 Å². The number of rotatable bonds is 12. The smallest absolute Gasteiger partial charge is 0.351 e. The highest BCUT2D eigenvalue weighted by Crippen LogP contribution is 2.17. The lowest BCUT2D eigenvalue weighted by molar-refractivity contribution is -0.374. The fraction of sp³-hybridized carbons (Fsp3) is 0.643. The molecular formula is C14H24O6. The van der Waals surface area contributed by atoms with Gasteiger partial charge in [0.1, 0.15) is 6.61 Å². The second kappa shape index (κ2) is 10.4. The van der Waals surface area contributed by atoms with Gasteiger partial charge in [-0.3, -0.25) is 0 Å². The van der Waals surface area contributed by atoms with Crippen molar-refractivity contribution in [2.45, 2.75) is 33.2 Å². The van der Waals surface area contributed by atoms with Gasteiger partial charge in [-0.15, -0.1) is 0 Å². The average Bonchev–Trinajstić information content (AvgIpc) is 2.39. The van der Waals surface area contributed by atoms with Crippen LogP contribution >= 0.6 is 0 Å². The molecule has 0 radical (unpaired) electrons. The summed E-state index contributed by atoms with van der Waals surface area (Å²) in [7, 11) is 0. The Morgan fingerprint density at radius 3 is 2.35 bits per heavy atom. The largest absolute Gasteiger partial charge is 0.478 e. The topological polar surface area (TPSA) is 74.2 Å². The van der Waals surface area contributed by atoms with Crippen LogP contribution in [0.4, 0.5) is 0 Å². The summed E-state index contributed by atoms with van der Waals surface area (Å²) in [6.45, 7) is 9.86. The van der Waals surface area contributed by atoms with Gasteiger partial charge >= 0.3 is 11.9 Å². The highest BCUT2D eigenvalue weighted by molar-refractivity contribution is 5.85. The number of carboxylic acids is 1. The number of hydrogen-bond donors (Lipinski definition) is 1. The number of carbonyl (C=O) groups is 1. The van der Waals surface area contributed by atoms with Crippen LogP contribution in [0.1, 0.15) is 27.2 Å². The SMILES string of the molecule is C=COC(COCCC=C(C)C(=O)O)(OCC)OCC. The van der Waals surface area contributed by atoms with Crippen molar-refractivity contribution in [3.05, 3.63) is 24.5 Å². The fourth-order valence-electron chi connectivity index (χ4n) is 1.44. The predicted octanol–water partition coefficient (Wildman–Crippen LogP) is 2.31. The molecule has 0 aliphatic heterocycles. The van der Waals surface area contributed by atoms with Crippen molar-refractivity contribution in [1.82, 2.24) is 0 Å². The van der Waals surface area contributed by atoms with Crippen LogP contribution in [-0.2, 0) is 23.7 Å². The van der Waals surface area contributed by atoms with Crippen molar-refractivity contribution < 1.29 is 28.8 Å². The van der Waals surface area contributed by atoms with Crippen molar-refractivity contribution in [3.63, 3.8) is 0 Å². The van der Waals surface area contributed by atoms with Crippen molar-refractivity contribution in [2.24, 2.45) is 0 Å². The fourth-order valence-corrected chi connectivity index (χ4v) is 1.44. The van der Waals surface area contributed by atoms with Crippen molar-refractivity contribution >= 4 is 5.97 Å². The van der Waals surface area contributed by atoms with Crippen LogP contribution in [0.25, 0.3) is 0 Å². The first-order valence-electron chi connectivity index (χ1n) is 6.55. The van der Waals surface area contributed by atoms with Crippen LogP contribution in [-0.4, -0.2) is 43.5 Å². The monoisotopic (exact) mass is 288 g/mol. The third-order valence-corrected chi connectivity index (χ3v) is 2.32. The number of hydrogen-bond acceptors (Lipinski definition) is 5. The molecule has 116 valence electrons. The summed E-state index contributed by atoms with van der Waals surface area (Å²) in [6, 6.07) is 0. The highest BCUT2D eigenvalue weighted by atomic mass is 16.9. The molecule has 1 N–H and O–H groups in total. The maximum absolute atomic E-state index is 10.6. The molecule has 0 saturated heterocycles. The molecule has 0 saturated carbocycles. The van der Waals surface area contributed by atoms with Crippen LogP contribution in [0, 0.1) is 0 Å². The molecule has 0 unspecified atom stereocenters. The molecule has 0 fully saturated rings. The van der Waals surface area contributed by atoms with E-state index >= 15 is 0 Å². The Morgan fingerprint density at radius 1 is 1.30 bits per heavy atom. The molecule has 0 heterocycles. The molecule has 0 aromatic carbocycles. The van der Waals surface area contributed by atoms with Crippen LogP contribution in [0.5, 0.6) is 0 Å². The molecule has 0 atom stereocenters. The quantitative estimate of drug-likeness (QED) is 0.257. The van der Waals surface area contributed by atoms with Gasteiger partial charge < -0.3 is 24.1 Å². The van der Waals surface area contributed by atoms with Gasteiger partial charge in [0.2, 0.25) is 0 Å². The Labute approximate surface area is 120 Å². The maximum Gasteiger partial charge on any atom is 0.351 e. The van der Waals surface area contributed by atoms with E-state index in [1.807, 2.05) is 13.8 Å². The summed E-state index contributed by atoms with van der Waals surface area (Å²) in [6.07, 6.45) is 3.32. The van der Waals surface area contributed by atoms with E-state index in [4.69, 9.17) is 24.1 Å². The number of ether oxygens (including phenoxy) is 4. The molecule has 0 spiro atoms. The minimum atomic E-state index is -1.29. The van der Waals surface area contributed by atoms with E-state index in [1.165, 1.54) is 13.2 Å². The molecule has 6 nitrogen and oxygen atoms in total. The van der Waals surface area contributed by atoms with E-state index in [1.54, 1.807) is 6.08 Å². The van der Waals surface area contributed by atoms with Crippen LogP contribution in [0.2, 0.25) is 0 Å². The van der Waals surface area contributed by atoms with Crippen molar-refractivity contribution in [2.75, 3.05) is 26.4 Å². The summed E-state index contributed by atoms with van der Waals surface area (Å²) in [5.74, 6) is -2.23. The standard InChI is InChI=1S/C14H24O6/c1-5-18-14(19-6-2,20-7-3)11-17-10-8-9-12(4)13(15)16/h5,9H,1,6-8,10-11H2,2-4H3,(H,15,16). The third-order valence-electron chi connectivity index (χ3n) is 2.32. The Bertz CT molecular complexity index is 318. The van der Waals surface area contributed by atoms with Crippen LogP contribution < -0.4 is 0 Å². The molecule has 0 aromatic heterocycles. The van der Waals surface area contributed by atoms with Gasteiger partial charge in [-0.05, 0) is 27.2 Å². The Balaban J connectivity index is 4.28. The number of aliphatic carboxylic acids is 1. The lowest BCUT2D eigenvalue weighted by Crippen LogP contribution is -2.42. The first-order chi connectivity index (χ1) is 9.51. The first-order valence-corrected chi connectivity index (χ1v) is 6.55. The minimum Gasteiger partial charge on any atom is -0.478 e. The third kappa shape index (κ3) is 7.28. The summed E-state index contributed by atoms with van der Waals surface area (Å²) >= 11 is 0. The zero-order chi connectivity index (χ0) is 15.4. The van der Waals surface area contributed by atoms with Gasteiger partial charge in [0, 0.05) is 5.57 Å². The second-order valence-electron chi connectivity index (χ2n) is 3.87. The Hall–Kier alpha value is -1.37. The molecule has 0 bridgehead atoms. The summed E-state index contributed by atoms with van der Waals surface area (Å²) in [5, 5.41) is 8.70. The first kappa shape index (κ1) is 18.6. The van der Waals surface area contributed by atoms with Gasteiger partial charge in [0.05, 0.1) is 26.1 Å². The Morgan fingerprint density at radius 2 is 1.90 bits per heavy atom. The molecule has 0 aliphatic rings. The van der Waals surface area contributed by atoms with Crippen LogP contribution in [0.3, 0.4) is 0 Å². The molecule has 6 heteroatoms. The van der Waals surface area contributed by atoms with E-state index < -0.39 is 11.9 Å². The molecular weight excluding hydrogens is 264 g/mol. The Kier molecular flexibility index (Phi) is 9.71. The predicted molar refractivity (Wildman–Crippen MR) is 74.1 cm³/mol. The second-order valence-corrected chi connectivity index (χ2v) is 3.87. The molecule has 0 aromatic rings. The zero-order valence-corrected chi connectivity index (χ0v) is 12.4. The van der Waals surface area contributed by atoms with Gasteiger partial charge in [-0.1, -0.05) is 12.7 Å². The minimum absolute atomic E-state index is 0.0701. The van der Waals surface area contributed by atoms with E-state index in [9.17, 15) is 4.79 Å². The van der Waals surface area contributed by atoms with E-state index in [0.717, 1.165) is 0 Å². The summed E-state index contributed by atoms with van der Waals surface area (Å²) in [4.78, 5) is 10.6. The van der Waals surface area contributed by atoms with E-state index in [0.29, 0.717) is 26.2 Å². The molecule has 0 aliphatic carbocycles. The molecule has 0 rings (SSSR count). The summed E-state index contributed by atoms with van der Waals surface area (Å²) in [5.41, 5.74) is 0.289. The molecule has 20 heavy (non-hydrogen) atoms. The normalized spacial score (nSPS) is 12.2. The van der Waals surface area contributed by atoms with Gasteiger partial charge in [-0.2, -0.15) is 0 Å². The van der Waals surface area contributed by atoms with E-state index in [-0.39, 0.29) is 12.2 Å². The van der Waals surface area contributed by atoms with Crippen molar-refractivity contribution in [3.8, 4) is 0 Å². The van der Waals surface area contributed by atoms with Gasteiger partial charge in [0.15, 0.2) is 0 Å². The maximum atomic E-state index is 10.6. The van der Waals surface area contributed by atoms with Gasteiger partial charge in [-0.25, -0.2) is 4.79 Å². The van der Waals surface area contributed by atoms with Gasteiger partial charge in [0.25, 0.3) is 0 Å². The molecule has 0 amide bonds. The summed E-state index contributed by atoms with van der Waals surface area (Å²) < 4.78 is 21.5. The average molecular weight is 288 g/mol. The van der Waals surface area contributed by atoms with Crippen molar-refractivity contribution in [1.29, 1.82) is 0 Å². The lowest BCUT2D eigenvalue weighted by Gasteiger charge is -2.31. The van der Waals surface area contributed by atoms with Crippen LogP contribution in [0.15, 0.2) is 24.5 Å². The zero-order valence-electron chi connectivity index (χ0n) is 12.4.